The second-order valence-corrected chi connectivity index (χ2v) is 6.95. The number of ether oxygens (including phenoxy) is 2. The lowest BCUT2D eigenvalue weighted by atomic mass is 9.78. The third kappa shape index (κ3) is 4.81. The molecule has 2 saturated heterocycles. The lowest BCUT2D eigenvalue weighted by Gasteiger charge is -2.38. The van der Waals surface area contributed by atoms with E-state index in [9.17, 15) is 18.0 Å². The Morgan fingerprint density at radius 1 is 1.12 bits per heavy atom. The highest BCUT2D eigenvalue weighted by molar-refractivity contribution is 5.78. The minimum atomic E-state index is -4.43. The van der Waals surface area contributed by atoms with Crippen LogP contribution in [0.3, 0.4) is 0 Å². The van der Waals surface area contributed by atoms with E-state index in [1.807, 2.05) is 0 Å². The number of nitrogens with zero attached hydrogens (tertiary/aromatic N) is 1. The summed E-state index contributed by atoms with van der Waals surface area (Å²) < 4.78 is 47.2. The minimum Gasteiger partial charge on any atom is -0.480 e. The highest BCUT2D eigenvalue weighted by Crippen LogP contribution is 2.37. The Morgan fingerprint density at radius 3 is 2.35 bits per heavy atom. The van der Waals surface area contributed by atoms with E-state index >= 15 is 0 Å². The van der Waals surface area contributed by atoms with Gasteiger partial charge in [-0.1, -0.05) is 12.1 Å². The number of hydrogen-bond acceptors (Lipinski definition) is 4. The van der Waals surface area contributed by atoms with Crippen LogP contribution in [0.15, 0.2) is 24.3 Å². The average Bonchev–Trinajstić information content (AvgIpc) is 3.06. The molecule has 2 heterocycles. The molecule has 26 heavy (non-hydrogen) atoms. The fourth-order valence-electron chi connectivity index (χ4n) is 3.53. The number of carbonyl (C=O) groups excluding carboxylic acids is 1. The van der Waals surface area contributed by atoms with Crippen LogP contribution in [0, 0.1) is 5.41 Å². The van der Waals surface area contributed by atoms with Gasteiger partial charge in [-0.2, -0.15) is 13.2 Å². The van der Waals surface area contributed by atoms with Gasteiger partial charge >= 0.3 is 6.18 Å². The molecule has 0 bridgehead atoms. The van der Waals surface area contributed by atoms with Crippen LogP contribution >= 0.6 is 0 Å². The first-order chi connectivity index (χ1) is 12.4. The van der Waals surface area contributed by atoms with Crippen LogP contribution < -0.4 is 14.8 Å². The molecule has 1 amide bonds. The van der Waals surface area contributed by atoms with E-state index < -0.39 is 12.8 Å². The van der Waals surface area contributed by atoms with Gasteiger partial charge in [0, 0.05) is 19.6 Å². The van der Waals surface area contributed by atoms with Gasteiger partial charge in [0.15, 0.2) is 24.7 Å². The summed E-state index contributed by atoms with van der Waals surface area (Å²) in [6.45, 7) is 1.81. The Hall–Kier alpha value is -1.96. The van der Waals surface area contributed by atoms with E-state index in [0.717, 1.165) is 32.4 Å². The molecule has 8 heteroatoms. The van der Waals surface area contributed by atoms with E-state index in [1.54, 1.807) is 17.0 Å². The molecule has 0 radical (unpaired) electrons. The number of hydrogen-bond donors (Lipinski definition) is 1. The van der Waals surface area contributed by atoms with Gasteiger partial charge in [-0.25, -0.2) is 0 Å². The molecule has 0 unspecified atom stereocenters. The second-order valence-electron chi connectivity index (χ2n) is 6.95. The molecule has 1 spiro atoms. The molecule has 1 aromatic rings. The molecule has 2 aliphatic heterocycles. The fraction of sp³-hybridized carbons (Fsp3) is 0.611. The molecule has 144 valence electrons. The number of piperidine rings is 1. The first kappa shape index (κ1) is 18.8. The van der Waals surface area contributed by atoms with Crippen molar-refractivity contribution in [2.75, 3.05) is 39.4 Å². The Morgan fingerprint density at radius 2 is 1.77 bits per heavy atom. The third-order valence-corrected chi connectivity index (χ3v) is 5.10. The van der Waals surface area contributed by atoms with E-state index in [4.69, 9.17) is 9.47 Å². The summed E-state index contributed by atoms with van der Waals surface area (Å²) >= 11 is 0. The van der Waals surface area contributed by atoms with Crippen molar-refractivity contribution in [1.29, 1.82) is 0 Å². The zero-order valence-corrected chi connectivity index (χ0v) is 14.5. The van der Waals surface area contributed by atoms with E-state index in [0.29, 0.717) is 18.5 Å². The zero-order valence-electron chi connectivity index (χ0n) is 14.5. The van der Waals surface area contributed by atoms with Crippen LogP contribution in [0.2, 0.25) is 0 Å². The number of halogens is 3. The van der Waals surface area contributed by atoms with E-state index in [-0.39, 0.29) is 24.0 Å². The lowest BCUT2D eigenvalue weighted by molar-refractivity contribution is -0.153. The molecule has 2 fully saturated rings. The number of benzene rings is 1. The van der Waals surface area contributed by atoms with Crippen molar-refractivity contribution in [2.24, 2.45) is 5.41 Å². The SMILES string of the molecule is O=C(COc1ccccc1OCC(F)(F)F)N1CCC2(CCNC2)CC1. The van der Waals surface area contributed by atoms with Gasteiger partial charge < -0.3 is 19.7 Å². The molecule has 5 nitrogen and oxygen atoms in total. The molecular weight excluding hydrogens is 349 g/mol. The van der Waals surface area contributed by atoms with Crippen LogP contribution in [-0.2, 0) is 4.79 Å². The van der Waals surface area contributed by atoms with Crippen molar-refractivity contribution in [3.8, 4) is 11.5 Å². The molecule has 3 rings (SSSR count). The van der Waals surface area contributed by atoms with Crippen LogP contribution in [0.4, 0.5) is 13.2 Å². The Bertz CT molecular complexity index is 620. The van der Waals surface area contributed by atoms with Gasteiger partial charge in [-0.15, -0.1) is 0 Å². The summed E-state index contributed by atoms with van der Waals surface area (Å²) in [4.78, 5) is 14.1. The summed E-state index contributed by atoms with van der Waals surface area (Å²) in [5.41, 5.74) is 0.315. The number of rotatable bonds is 5. The van der Waals surface area contributed by atoms with Gasteiger partial charge in [-0.05, 0) is 43.4 Å². The first-order valence-electron chi connectivity index (χ1n) is 8.77. The zero-order chi connectivity index (χ0) is 18.6. The van der Waals surface area contributed by atoms with Crippen LogP contribution in [0.5, 0.6) is 11.5 Å². The maximum absolute atomic E-state index is 12.4. The van der Waals surface area contributed by atoms with E-state index in [1.165, 1.54) is 12.1 Å². The maximum Gasteiger partial charge on any atom is 0.422 e. The van der Waals surface area contributed by atoms with Crippen molar-refractivity contribution in [3.05, 3.63) is 24.3 Å². The van der Waals surface area contributed by atoms with Crippen LogP contribution in [0.1, 0.15) is 19.3 Å². The largest absolute Gasteiger partial charge is 0.480 e. The van der Waals surface area contributed by atoms with Gasteiger partial charge in [0.2, 0.25) is 0 Å². The molecule has 1 N–H and O–H groups in total. The molecule has 0 atom stereocenters. The predicted molar refractivity (Wildman–Crippen MR) is 89.2 cm³/mol. The van der Waals surface area contributed by atoms with Crippen molar-refractivity contribution in [1.82, 2.24) is 10.2 Å². The molecule has 1 aromatic carbocycles. The normalized spacial score (nSPS) is 19.6. The Balaban J connectivity index is 1.50. The number of likely N-dealkylation sites (tertiary alicyclic amines) is 1. The highest BCUT2D eigenvalue weighted by Gasteiger charge is 2.38. The van der Waals surface area contributed by atoms with Gasteiger partial charge in [0.05, 0.1) is 0 Å². The Kier molecular flexibility index (Phi) is 5.60. The van der Waals surface area contributed by atoms with Gasteiger partial charge in [0.1, 0.15) is 0 Å². The highest BCUT2D eigenvalue weighted by atomic mass is 19.4. The summed E-state index contributed by atoms with van der Waals surface area (Å²) in [5, 5.41) is 3.38. The van der Waals surface area contributed by atoms with Crippen molar-refractivity contribution in [2.45, 2.75) is 25.4 Å². The van der Waals surface area contributed by atoms with Crippen molar-refractivity contribution in [3.63, 3.8) is 0 Å². The summed E-state index contributed by atoms with van der Waals surface area (Å²) in [6, 6.07) is 6.07. The lowest BCUT2D eigenvalue weighted by Crippen LogP contribution is -2.45. The number of alkyl halides is 3. The predicted octanol–water partition coefficient (Wildman–Crippen LogP) is 2.61. The molecule has 0 aliphatic carbocycles. The quantitative estimate of drug-likeness (QED) is 0.863. The number of nitrogens with one attached hydrogen (secondary N) is 1. The standard InChI is InChI=1S/C18H23F3N2O3/c19-18(20,21)13-26-15-4-2-1-3-14(15)25-11-16(24)23-9-6-17(7-10-23)5-8-22-12-17/h1-4,22H,5-13H2. The molecule has 0 saturated carbocycles. The van der Waals surface area contributed by atoms with Gasteiger partial charge in [0.25, 0.3) is 5.91 Å². The number of amides is 1. The second kappa shape index (κ2) is 7.73. The smallest absolute Gasteiger partial charge is 0.422 e. The van der Waals surface area contributed by atoms with Crippen molar-refractivity contribution < 1.29 is 27.4 Å². The molecular formula is C18H23F3N2O3. The number of para-hydroxylation sites is 2. The fourth-order valence-corrected chi connectivity index (χ4v) is 3.53. The molecule has 2 aliphatic rings. The average molecular weight is 372 g/mol. The molecule has 0 aromatic heterocycles. The van der Waals surface area contributed by atoms with Gasteiger partial charge in [-0.3, -0.25) is 4.79 Å². The summed E-state index contributed by atoms with van der Waals surface area (Å²) in [6.07, 6.45) is -1.34. The minimum absolute atomic E-state index is 0.0211. The monoisotopic (exact) mass is 372 g/mol. The Labute approximate surface area is 150 Å². The first-order valence-corrected chi connectivity index (χ1v) is 8.77. The van der Waals surface area contributed by atoms with Crippen LogP contribution in [0.25, 0.3) is 0 Å². The summed E-state index contributed by atoms with van der Waals surface area (Å²) in [7, 11) is 0. The number of carbonyl (C=O) groups is 1. The van der Waals surface area contributed by atoms with E-state index in [2.05, 4.69) is 5.32 Å². The maximum atomic E-state index is 12.4. The topological polar surface area (TPSA) is 50.8 Å². The third-order valence-electron chi connectivity index (χ3n) is 5.10. The van der Waals surface area contributed by atoms with Crippen molar-refractivity contribution >= 4 is 5.91 Å². The van der Waals surface area contributed by atoms with Crippen LogP contribution in [-0.4, -0.2) is 56.4 Å². The summed E-state index contributed by atoms with van der Waals surface area (Å²) in [5.74, 6) is -0.0396.